The SMILES string of the molecule is CC(C)(C)OC(=O)N[C@@H](C[C@H]1OCCc2c1cccc2-n1cccn1)OCC[Si](C)(C)C. The number of hydrogen-bond donors (Lipinski definition) is 1. The molecule has 32 heavy (non-hydrogen) atoms. The van der Waals surface area contributed by atoms with Crippen LogP contribution in [0.1, 0.15) is 44.4 Å². The van der Waals surface area contributed by atoms with E-state index in [9.17, 15) is 4.79 Å². The Labute approximate surface area is 192 Å². The summed E-state index contributed by atoms with van der Waals surface area (Å²) >= 11 is 0. The molecule has 1 N–H and O–H groups in total. The molecule has 0 aliphatic carbocycles. The van der Waals surface area contributed by atoms with E-state index in [0.717, 1.165) is 23.7 Å². The van der Waals surface area contributed by atoms with Crippen molar-refractivity contribution in [2.24, 2.45) is 0 Å². The number of amides is 1. The summed E-state index contributed by atoms with van der Waals surface area (Å²) in [6.07, 6.45) is 3.92. The monoisotopic (exact) mass is 459 g/mol. The molecule has 0 unspecified atom stereocenters. The Balaban J connectivity index is 1.77. The Morgan fingerprint density at radius 2 is 2.09 bits per heavy atom. The fourth-order valence-electron chi connectivity index (χ4n) is 3.69. The molecule has 0 spiro atoms. The van der Waals surface area contributed by atoms with Crippen LogP contribution in [0.25, 0.3) is 5.69 Å². The van der Waals surface area contributed by atoms with E-state index in [1.165, 1.54) is 5.56 Å². The summed E-state index contributed by atoms with van der Waals surface area (Å²) in [6, 6.07) is 9.14. The maximum absolute atomic E-state index is 12.5. The number of hydrogen-bond acceptors (Lipinski definition) is 5. The summed E-state index contributed by atoms with van der Waals surface area (Å²) in [5.74, 6) is 0. The van der Waals surface area contributed by atoms with Gasteiger partial charge < -0.3 is 14.2 Å². The van der Waals surface area contributed by atoms with Crippen LogP contribution in [0.15, 0.2) is 36.7 Å². The minimum atomic E-state index is -1.26. The van der Waals surface area contributed by atoms with Crippen molar-refractivity contribution in [3.63, 3.8) is 0 Å². The molecule has 176 valence electrons. The van der Waals surface area contributed by atoms with Crippen LogP contribution in [0.5, 0.6) is 0 Å². The quantitative estimate of drug-likeness (QED) is 0.440. The van der Waals surface area contributed by atoms with E-state index >= 15 is 0 Å². The van der Waals surface area contributed by atoms with Crippen molar-refractivity contribution in [1.82, 2.24) is 15.1 Å². The van der Waals surface area contributed by atoms with E-state index in [1.807, 2.05) is 43.8 Å². The van der Waals surface area contributed by atoms with Gasteiger partial charge in [-0.25, -0.2) is 9.48 Å². The minimum Gasteiger partial charge on any atom is -0.444 e. The molecule has 7 nitrogen and oxygen atoms in total. The fraction of sp³-hybridized carbons (Fsp3) is 0.583. The lowest BCUT2D eigenvalue weighted by atomic mass is 9.93. The van der Waals surface area contributed by atoms with Crippen molar-refractivity contribution < 1.29 is 19.0 Å². The van der Waals surface area contributed by atoms with Crippen molar-refractivity contribution >= 4 is 14.2 Å². The Morgan fingerprint density at radius 1 is 1.31 bits per heavy atom. The molecular formula is C24H37N3O4Si. The van der Waals surface area contributed by atoms with Gasteiger partial charge in [-0.2, -0.15) is 5.10 Å². The number of aromatic nitrogens is 2. The van der Waals surface area contributed by atoms with Gasteiger partial charge in [0.25, 0.3) is 0 Å². The molecule has 1 aliphatic rings. The van der Waals surface area contributed by atoms with Crippen LogP contribution in [0, 0.1) is 0 Å². The molecular weight excluding hydrogens is 422 g/mol. The van der Waals surface area contributed by atoms with Crippen molar-refractivity contribution in [3.8, 4) is 5.69 Å². The molecule has 2 atom stereocenters. The Hall–Kier alpha value is -2.16. The van der Waals surface area contributed by atoms with Gasteiger partial charge in [0.1, 0.15) is 11.8 Å². The zero-order valence-electron chi connectivity index (χ0n) is 20.2. The molecule has 1 amide bonds. The van der Waals surface area contributed by atoms with Crippen LogP contribution < -0.4 is 5.32 Å². The standard InChI is InChI=1S/C24H37N3O4Si/c1-24(2,3)31-23(28)26-22(30-15-16-32(4,5)6)17-21-19-9-7-10-20(18(19)11-14-29-21)27-13-8-12-25-27/h7-10,12-13,21-22H,11,14-17H2,1-6H3,(H,26,28)/t21-,22-/m1/s1. The zero-order chi connectivity index (χ0) is 23.4. The number of fused-ring (bicyclic) bond motifs is 1. The lowest BCUT2D eigenvalue weighted by Crippen LogP contribution is -2.42. The second kappa shape index (κ2) is 10.2. The van der Waals surface area contributed by atoms with Gasteiger partial charge in [0.05, 0.1) is 18.4 Å². The van der Waals surface area contributed by atoms with Gasteiger partial charge in [-0.15, -0.1) is 0 Å². The molecule has 0 fully saturated rings. The summed E-state index contributed by atoms with van der Waals surface area (Å²) < 4.78 is 19.7. The van der Waals surface area contributed by atoms with Crippen LogP contribution in [0.4, 0.5) is 4.79 Å². The van der Waals surface area contributed by atoms with Crippen molar-refractivity contribution in [2.45, 2.75) is 77.2 Å². The van der Waals surface area contributed by atoms with Crippen LogP contribution >= 0.6 is 0 Å². The Bertz CT molecular complexity index is 888. The highest BCUT2D eigenvalue weighted by atomic mass is 28.3. The third-order valence-electron chi connectivity index (χ3n) is 5.23. The predicted molar refractivity (Wildman–Crippen MR) is 128 cm³/mol. The molecule has 3 rings (SSSR count). The fourth-order valence-corrected chi connectivity index (χ4v) is 4.42. The van der Waals surface area contributed by atoms with Crippen LogP contribution in [0.2, 0.25) is 25.7 Å². The maximum atomic E-state index is 12.5. The van der Waals surface area contributed by atoms with E-state index in [0.29, 0.717) is 19.6 Å². The van der Waals surface area contributed by atoms with Gasteiger partial charge in [0.15, 0.2) is 0 Å². The molecule has 0 bridgehead atoms. The lowest BCUT2D eigenvalue weighted by Gasteiger charge is -2.31. The third-order valence-corrected chi connectivity index (χ3v) is 6.94. The topological polar surface area (TPSA) is 74.6 Å². The summed E-state index contributed by atoms with van der Waals surface area (Å²) in [4.78, 5) is 12.5. The number of nitrogens with zero attached hydrogens (tertiary/aromatic N) is 2. The molecule has 1 aliphatic heterocycles. The molecule has 1 aromatic heterocycles. The average Bonchev–Trinajstić information content (AvgIpc) is 3.19. The molecule has 1 aromatic carbocycles. The number of nitrogens with one attached hydrogen (secondary N) is 1. The van der Waals surface area contributed by atoms with Gasteiger partial charge in [-0.1, -0.05) is 31.8 Å². The van der Waals surface area contributed by atoms with Gasteiger partial charge in [0.2, 0.25) is 0 Å². The first kappa shape index (κ1) is 24.5. The van der Waals surface area contributed by atoms with Crippen LogP contribution in [0.3, 0.4) is 0 Å². The minimum absolute atomic E-state index is 0.180. The predicted octanol–water partition coefficient (Wildman–Crippen LogP) is 5.08. The number of alkyl carbamates (subject to hydrolysis) is 1. The highest BCUT2D eigenvalue weighted by molar-refractivity contribution is 6.76. The number of rotatable bonds is 8. The number of carbonyl (C=O) groups is 1. The summed E-state index contributed by atoms with van der Waals surface area (Å²) in [5.41, 5.74) is 2.84. The molecule has 0 saturated heterocycles. The van der Waals surface area contributed by atoms with Gasteiger partial charge >= 0.3 is 6.09 Å². The number of benzene rings is 1. The lowest BCUT2D eigenvalue weighted by molar-refractivity contribution is -0.0373. The highest BCUT2D eigenvalue weighted by Crippen LogP contribution is 2.34. The number of ether oxygens (including phenoxy) is 3. The van der Waals surface area contributed by atoms with Gasteiger partial charge in [0, 0.05) is 33.5 Å². The largest absolute Gasteiger partial charge is 0.444 e. The summed E-state index contributed by atoms with van der Waals surface area (Å²) in [7, 11) is -1.26. The summed E-state index contributed by atoms with van der Waals surface area (Å²) in [5, 5.41) is 7.31. The first-order chi connectivity index (χ1) is 15.0. The second-order valence-corrected chi connectivity index (χ2v) is 16.1. The van der Waals surface area contributed by atoms with E-state index < -0.39 is 26.0 Å². The smallest absolute Gasteiger partial charge is 0.409 e. The Kier molecular flexibility index (Phi) is 7.79. The molecule has 2 heterocycles. The van der Waals surface area contributed by atoms with Crippen LogP contribution in [-0.2, 0) is 20.6 Å². The average molecular weight is 460 g/mol. The van der Waals surface area contributed by atoms with E-state index in [2.05, 4.69) is 42.2 Å². The van der Waals surface area contributed by atoms with Crippen molar-refractivity contribution in [3.05, 3.63) is 47.8 Å². The van der Waals surface area contributed by atoms with Gasteiger partial charge in [-0.3, -0.25) is 5.32 Å². The molecule has 2 aromatic rings. The second-order valence-electron chi connectivity index (χ2n) is 10.5. The molecule has 0 radical (unpaired) electrons. The van der Waals surface area contributed by atoms with E-state index in [1.54, 1.807) is 6.20 Å². The first-order valence-electron chi connectivity index (χ1n) is 11.4. The zero-order valence-corrected chi connectivity index (χ0v) is 21.2. The van der Waals surface area contributed by atoms with Crippen molar-refractivity contribution in [1.29, 1.82) is 0 Å². The third kappa shape index (κ3) is 7.18. The Morgan fingerprint density at radius 3 is 2.75 bits per heavy atom. The normalized spacial score (nSPS) is 17.5. The van der Waals surface area contributed by atoms with Crippen molar-refractivity contribution in [2.75, 3.05) is 13.2 Å². The summed E-state index contributed by atoms with van der Waals surface area (Å²) in [6.45, 7) is 13.7. The van der Waals surface area contributed by atoms with E-state index in [4.69, 9.17) is 14.2 Å². The van der Waals surface area contributed by atoms with E-state index in [-0.39, 0.29) is 6.10 Å². The first-order valence-corrected chi connectivity index (χ1v) is 15.1. The maximum Gasteiger partial charge on any atom is 0.409 e. The van der Waals surface area contributed by atoms with Gasteiger partial charge in [-0.05, 0) is 56.5 Å². The number of carbonyl (C=O) groups excluding carboxylic acids is 1. The van der Waals surface area contributed by atoms with Crippen LogP contribution in [-0.4, -0.2) is 49.0 Å². The highest BCUT2D eigenvalue weighted by Gasteiger charge is 2.29. The molecule has 8 heteroatoms. The molecule has 0 saturated carbocycles.